The average molecular weight is 263 g/mol. The number of nitrogens with zero attached hydrogens (tertiary/aromatic N) is 1. The van der Waals surface area contributed by atoms with Crippen molar-refractivity contribution in [2.45, 2.75) is 11.0 Å². The smallest absolute Gasteiger partial charge is 0.244 e. The molecule has 1 aromatic carbocycles. The van der Waals surface area contributed by atoms with Crippen LogP contribution in [0.15, 0.2) is 23.1 Å². The van der Waals surface area contributed by atoms with Crippen molar-refractivity contribution in [2.24, 2.45) is 0 Å². The van der Waals surface area contributed by atoms with E-state index in [2.05, 4.69) is 0 Å². The van der Waals surface area contributed by atoms with Gasteiger partial charge in [-0.05, 0) is 18.2 Å². The maximum atomic E-state index is 12.0. The molecule has 0 unspecified atom stereocenters. The summed E-state index contributed by atoms with van der Waals surface area (Å²) in [5.41, 5.74) is 5.89. The van der Waals surface area contributed by atoms with Crippen molar-refractivity contribution in [1.29, 1.82) is 0 Å². The minimum atomic E-state index is -3.60. The minimum absolute atomic E-state index is 0.0234. The van der Waals surface area contributed by atoms with Gasteiger partial charge in [-0.15, -0.1) is 0 Å². The first kappa shape index (κ1) is 11.7. The molecule has 1 fully saturated rings. The summed E-state index contributed by atoms with van der Waals surface area (Å²) in [4.78, 5) is 0.0234. The number of hydrogen-bond donors (Lipinski definition) is 2. The highest BCUT2D eigenvalue weighted by molar-refractivity contribution is 7.89. The topological polar surface area (TPSA) is 83.6 Å². The van der Waals surface area contributed by atoms with Gasteiger partial charge in [0.15, 0.2) is 0 Å². The number of sulfonamides is 1. The van der Waals surface area contributed by atoms with E-state index in [4.69, 9.17) is 22.4 Å². The van der Waals surface area contributed by atoms with E-state index in [1.54, 1.807) is 0 Å². The van der Waals surface area contributed by atoms with Crippen molar-refractivity contribution in [3.8, 4) is 0 Å². The van der Waals surface area contributed by atoms with Gasteiger partial charge in [-0.3, -0.25) is 0 Å². The summed E-state index contributed by atoms with van der Waals surface area (Å²) in [6.45, 7) is 0.228. The molecular weight excluding hydrogens is 252 g/mol. The maximum Gasteiger partial charge on any atom is 0.244 e. The Morgan fingerprint density at radius 2 is 2.06 bits per heavy atom. The Morgan fingerprint density at radius 1 is 1.44 bits per heavy atom. The van der Waals surface area contributed by atoms with Gasteiger partial charge in [0.2, 0.25) is 10.0 Å². The number of nitrogens with two attached hydrogens (primary N) is 1. The van der Waals surface area contributed by atoms with Crippen LogP contribution in [0.4, 0.5) is 5.69 Å². The largest absolute Gasteiger partial charge is 0.399 e. The molecule has 0 aromatic heterocycles. The number of β-amino-alcohol motifs (C(OH)–C–C–N with tert-alkyl or cyclic N) is 1. The van der Waals surface area contributed by atoms with Gasteiger partial charge in [-0.2, -0.15) is 4.31 Å². The lowest BCUT2D eigenvalue weighted by Gasteiger charge is -2.34. The van der Waals surface area contributed by atoms with Gasteiger partial charge in [-0.1, -0.05) is 11.6 Å². The van der Waals surface area contributed by atoms with E-state index in [0.717, 1.165) is 0 Å². The van der Waals surface area contributed by atoms with Crippen LogP contribution in [-0.4, -0.2) is 37.0 Å². The zero-order chi connectivity index (χ0) is 11.9. The molecule has 1 aliphatic heterocycles. The summed E-state index contributed by atoms with van der Waals surface area (Å²) < 4.78 is 25.1. The van der Waals surface area contributed by atoms with Gasteiger partial charge in [0.05, 0.1) is 11.1 Å². The van der Waals surface area contributed by atoms with E-state index in [9.17, 15) is 8.42 Å². The number of anilines is 1. The molecule has 0 bridgehead atoms. The highest BCUT2D eigenvalue weighted by Gasteiger charge is 2.36. The quantitative estimate of drug-likeness (QED) is 0.751. The Morgan fingerprint density at radius 3 is 2.56 bits per heavy atom. The third-order valence-corrected chi connectivity index (χ3v) is 4.72. The zero-order valence-electron chi connectivity index (χ0n) is 8.30. The van der Waals surface area contributed by atoms with Crippen LogP contribution in [0.2, 0.25) is 5.02 Å². The van der Waals surface area contributed by atoms with Gasteiger partial charge in [0.1, 0.15) is 4.90 Å². The van der Waals surface area contributed by atoms with Crippen molar-refractivity contribution in [2.75, 3.05) is 18.8 Å². The van der Waals surface area contributed by atoms with Crippen LogP contribution in [0.3, 0.4) is 0 Å². The lowest BCUT2D eigenvalue weighted by Crippen LogP contribution is -2.53. The van der Waals surface area contributed by atoms with Gasteiger partial charge < -0.3 is 10.8 Å². The van der Waals surface area contributed by atoms with E-state index < -0.39 is 16.1 Å². The highest BCUT2D eigenvalue weighted by Crippen LogP contribution is 2.28. The SMILES string of the molecule is Nc1ccc(S(=O)(=O)N2CC(O)C2)c(Cl)c1. The number of halogens is 1. The van der Waals surface area contributed by atoms with E-state index in [1.165, 1.54) is 22.5 Å². The third-order valence-electron chi connectivity index (χ3n) is 2.40. The molecule has 0 radical (unpaired) electrons. The molecule has 2 rings (SSSR count). The van der Waals surface area contributed by atoms with Gasteiger partial charge >= 0.3 is 0 Å². The molecule has 5 nitrogen and oxygen atoms in total. The summed E-state index contributed by atoms with van der Waals surface area (Å²) in [5, 5.41) is 9.18. The number of hydrogen-bond acceptors (Lipinski definition) is 4. The van der Waals surface area contributed by atoms with E-state index in [-0.39, 0.29) is 23.0 Å². The molecular formula is C9H11ClN2O3S. The van der Waals surface area contributed by atoms with Crippen LogP contribution >= 0.6 is 11.6 Å². The fraction of sp³-hybridized carbons (Fsp3) is 0.333. The number of nitrogen functional groups attached to an aromatic ring is 1. The molecule has 3 N–H and O–H groups in total. The molecule has 88 valence electrons. The molecule has 0 atom stereocenters. The molecule has 16 heavy (non-hydrogen) atoms. The Bertz CT molecular complexity index is 511. The fourth-order valence-electron chi connectivity index (χ4n) is 1.48. The standard InChI is InChI=1S/C9H11ClN2O3S/c10-8-3-6(11)1-2-9(8)16(14,15)12-4-7(13)5-12/h1-3,7,13H,4-5,11H2. The maximum absolute atomic E-state index is 12.0. The van der Waals surface area contributed by atoms with Crippen molar-refractivity contribution < 1.29 is 13.5 Å². The Labute approximate surface area is 98.5 Å². The molecule has 0 amide bonds. The molecule has 0 saturated carbocycles. The molecule has 0 spiro atoms. The Balaban J connectivity index is 2.36. The predicted molar refractivity (Wildman–Crippen MR) is 60.6 cm³/mol. The summed E-state index contributed by atoms with van der Waals surface area (Å²) >= 11 is 5.83. The van der Waals surface area contributed by atoms with Crippen molar-refractivity contribution in [1.82, 2.24) is 4.31 Å². The third kappa shape index (κ3) is 1.89. The van der Waals surface area contributed by atoms with Crippen molar-refractivity contribution in [3.05, 3.63) is 23.2 Å². The van der Waals surface area contributed by atoms with Crippen LogP contribution in [0.1, 0.15) is 0 Å². The lowest BCUT2D eigenvalue weighted by atomic mass is 10.2. The van der Waals surface area contributed by atoms with E-state index in [0.29, 0.717) is 5.69 Å². The average Bonchev–Trinajstić information content (AvgIpc) is 2.12. The fourth-order valence-corrected chi connectivity index (χ4v) is 3.52. The second kappa shape index (κ2) is 3.89. The first-order valence-corrected chi connectivity index (χ1v) is 6.46. The number of benzene rings is 1. The number of aliphatic hydroxyl groups excluding tert-OH is 1. The lowest BCUT2D eigenvalue weighted by molar-refractivity contribution is 0.0548. The normalized spacial score (nSPS) is 18.4. The second-order valence-corrected chi connectivity index (χ2v) is 5.98. The predicted octanol–water partition coefficient (Wildman–Crippen LogP) is 0.287. The van der Waals surface area contributed by atoms with Gasteiger partial charge in [0.25, 0.3) is 0 Å². The molecule has 1 heterocycles. The number of rotatable bonds is 2. The van der Waals surface area contributed by atoms with Crippen LogP contribution in [-0.2, 0) is 10.0 Å². The second-order valence-electron chi connectivity index (χ2n) is 3.67. The van der Waals surface area contributed by atoms with E-state index in [1.807, 2.05) is 0 Å². The van der Waals surface area contributed by atoms with Crippen molar-refractivity contribution in [3.63, 3.8) is 0 Å². The zero-order valence-corrected chi connectivity index (χ0v) is 9.87. The first-order valence-electron chi connectivity index (χ1n) is 4.64. The van der Waals surface area contributed by atoms with Crippen LogP contribution in [0.5, 0.6) is 0 Å². The molecule has 1 aliphatic rings. The molecule has 1 aromatic rings. The number of aliphatic hydroxyl groups is 1. The molecule has 1 saturated heterocycles. The van der Waals surface area contributed by atoms with Crippen LogP contribution < -0.4 is 5.73 Å². The first-order chi connectivity index (χ1) is 7.41. The molecule has 0 aliphatic carbocycles. The van der Waals surface area contributed by atoms with Gasteiger partial charge in [0, 0.05) is 18.8 Å². The summed E-state index contributed by atoms with van der Waals surface area (Å²) in [6, 6.07) is 4.25. The Hall–Kier alpha value is -0.820. The molecule has 7 heteroatoms. The summed E-state index contributed by atoms with van der Waals surface area (Å²) in [5.74, 6) is 0. The van der Waals surface area contributed by atoms with Crippen molar-refractivity contribution >= 4 is 27.3 Å². The Kier molecular flexibility index (Phi) is 2.83. The van der Waals surface area contributed by atoms with Crippen LogP contribution in [0, 0.1) is 0 Å². The minimum Gasteiger partial charge on any atom is -0.399 e. The summed E-state index contributed by atoms with van der Waals surface area (Å²) in [7, 11) is -3.60. The highest BCUT2D eigenvalue weighted by atomic mass is 35.5. The summed E-state index contributed by atoms with van der Waals surface area (Å²) in [6.07, 6.45) is -0.581. The van der Waals surface area contributed by atoms with Crippen LogP contribution in [0.25, 0.3) is 0 Å². The van der Waals surface area contributed by atoms with Gasteiger partial charge in [-0.25, -0.2) is 8.42 Å². The monoisotopic (exact) mass is 262 g/mol. The van der Waals surface area contributed by atoms with E-state index >= 15 is 0 Å².